The molecule has 2 N–H and O–H groups in total. The fourth-order valence-electron chi connectivity index (χ4n) is 1.52. The first-order valence-electron chi connectivity index (χ1n) is 5.49. The molecule has 0 saturated heterocycles. The maximum Gasteiger partial charge on any atom is 0.0783 e. The second kappa shape index (κ2) is 5.29. The molecule has 1 atom stereocenters. The molecule has 0 aliphatic carbocycles. The summed E-state index contributed by atoms with van der Waals surface area (Å²) in [7, 11) is 0. The Bertz CT molecular complexity index is 280. The molecule has 1 aromatic carbocycles. The van der Waals surface area contributed by atoms with Crippen molar-refractivity contribution < 1.29 is 5.11 Å². The lowest BCUT2D eigenvalue weighted by atomic mass is 9.96. The molecule has 2 heteroatoms. The van der Waals surface area contributed by atoms with Gasteiger partial charge in [0, 0.05) is 19.0 Å². The molecule has 0 fully saturated rings. The average molecular weight is 207 g/mol. The highest BCUT2D eigenvalue weighted by Gasteiger charge is 2.20. The molecule has 15 heavy (non-hydrogen) atoms. The van der Waals surface area contributed by atoms with E-state index in [1.54, 1.807) is 0 Å². The number of aliphatic hydroxyl groups is 1. The summed E-state index contributed by atoms with van der Waals surface area (Å²) in [6.07, 6.45) is 0.688. The number of benzene rings is 1. The first-order valence-corrected chi connectivity index (χ1v) is 5.49. The first-order chi connectivity index (χ1) is 6.99. The van der Waals surface area contributed by atoms with Crippen molar-refractivity contribution in [2.45, 2.75) is 38.8 Å². The summed E-state index contributed by atoms with van der Waals surface area (Å²) >= 11 is 0. The highest BCUT2D eigenvalue weighted by atomic mass is 16.3. The Hall–Kier alpha value is -0.860. The monoisotopic (exact) mass is 207 g/mol. The van der Waals surface area contributed by atoms with E-state index in [0.29, 0.717) is 19.0 Å². The summed E-state index contributed by atoms with van der Waals surface area (Å²) in [5.74, 6) is 0. The van der Waals surface area contributed by atoms with Crippen LogP contribution >= 0.6 is 0 Å². The van der Waals surface area contributed by atoms with Gasteiger partial charge in [0.25, 0.3) is 0 Å². The molecule has 2 nitrogen and oxygen atoms in total. The van der Waals surface area contributed by atoms with Crippen molar-refractivity contribution >= 4 is 0 Å². The van der Waals surface area contributed by atoms with E-state index in [9.17, 15) is 5.11 Å². The van der Waals surface area contributed by atoms with E-state index in [4.69, 9.17) is 0 Å². The van der Waals surface area contributed by atoms with Gasteiger partial charge in [-0.1, -0.05) is 44.2 Å². The number of hydrogen-bond donors (Lipinski definition) is 2. The lowest BCUT2D eigenvalue weighted by Crippen LogP contribution is -2.42. The van der Waals surface area contributed by atoms with Crippen molar-refractivity contribution in [2.24, 2.45) is 0 Å². The molecule has 0 aromatic heterocycles. The molecule has 1 aromatic rings. The quantitative estimate of drug-likeness (QED) is 0.774. The topological polar surface area (TPSA) is 32.3 Å². The highest BCUT2D eigenvalue weighted by molar-refractivity contribution is 5.16. The minimum absolute atomic E-state index is 0.409. The minimum Gasteiger partial charge on any atom is -0.389 e. The zero-order chi connectivity index (χ0) is 11.3. The van der Waals surface area contributed by atoms with Crippen molar-refractivity contribution in [3.05, 3.63) is 35.9 Å². The van der Waals surface area contributed by atoms with Crippen LogP contribution in [0, 0.1) is 0 Å². The molecule has 0 aliphatic rings. The van der Waals surface area contributed by atoms with Gasteiger partial charge in [-0.15, -0.1) is 0 Å². The van der Waals surface area contributed by atoms with Gasteiger partial charge in [-0.05, 0) is 12.5 Å². The van der Waals surface area contributed by atoms with Crippen molar-refractivity contribution in [2.75, 3.05) is 6.54 Å². The molecule has 0 heterocycles. The lowest BCUT2D eigenvalue weighted by molar-refractivity contribution is 0.0581. The summed E-state index contributed by atoms with van der Waals surface area (Å²) in [5, 5.41) is 13.4. The van der Waals surface area contributed by atoms with Crippen LogP contribution in [-0.2, 0) is 6.42 Å². The van der Waals surface area contributed by atoms with Gasteiger partial charge in [0.05, 0.1) is 5.60 Å². The Labute approximate surface area is 92.3 Å². The van der Waals surface area contributed by atoms with Gasteiger partial charge in [-0.25, -0.2) is 0 Å². The van der Waals surface area contributed by atoms with Crippen LogP contribution < -0.4 is 5.32 Å². The summed E-state index contributed by atoms with van der Waals surface area (Å²) in [5.41, 5.74) is 0.499. The van der Waals surface area contributed by atoms with Crippen LogP contribution in [0.5, 0.6) is 0 Å². The third-order valence-electron chi connectivity index (χ3n) is 2.32. The molecule has 0 radical (unpaired) electrons. The van der Waals surface area contributed by atoms with Crippen LogP contribution in [0.3, 0.4) is 0 Å². The fraction of sp³-hybridized carbons (Fsp3) is 0.538. The van der Waals surface area contributed by atoms with Gasteiger partial charge in [-0.3, -0.25) is 0 Å². The predicted molar refractivity (Wildman–Crippen MR) is 63.9 cm³/mol. The van der Waals surface area contributed by atoms with Crippen LogP contribution in [0.2, 0.25) is 0 Å². The van der Waals surface area contributed by atoms with Crippen LogP contribution in [0.25, 0.3) is 0 Å². The molecule has 0 amide bonds. The van der Waals surface area contributed by atoms with E-state index in [1.807, 2.05) is 37.3 Å². The third-order valence-corrected chi connectivity index (χ3v) is 2.32. The van der Waals surface area contributed by atoms with Crippen LogP contribution in [0.15, 0.2) is 30.3 Å². The Kier molecular flexibility index (Phi) is 4.30. The van der Waals surface area contributed by atoms with E-state index in [0.717, 1.165) is 0 Å². The smallest absolute Gasteiger partial charge is 0.0783 e. The molecule has 1 unspecified atom stereocenters. The van der Waals surface area contributed by atoms with Crippen molar-refractivity contribution in [3.63, 3.8) is 0 Å². The van der Waals surface area contributed by atoms with Gasteiger partial charge in [0.15, 0.2) is 0 Å². The Morgan fingerprint density at radius 3 is 2.40 bits per heavy atom. The summed E-state index contributed by atoms with van der Waals surface area (Å²) < 4.78 is 0. The molecule has 84 valence electrons. The number of rotatable bonds is 5. The third kappa shape index (κ3) is 4.96. The van der Waals surface area contributed by atoms with Gasteiger partial charge in [-0.2, -0.15) is 0 Å². The van der Waals surface area contributed by atoms with Crippen LogP contribution in [0.1, 0.15) is 26.3 Å². The summed E-state index contributed by atoms with van der Waals surface area (Å²) in [6, 6.07) is 10.5. The Balaban J connectivity index is 2.49. The second-order valence-electron chi connectivity index (χ2n) is 4.69. The number of nitrogens with one attached hydrogen (secondary N) is 1. The van der Waals surface area contributed by atoms with Crippen molar-refractivity contribution in [1.82, 2.24) is 5.32 Å². The average Bonchev–Trinajstić information content (AvgIpc) is 2.16. The largest absolute Gasteiger partial charge is 0.389 e. The normalized spacial score (nSPS) is 15.3. The summed E-state index contributed by atoms with van der Waals surface area (Å²) in [4.78, 5) is 0. The van der Waals surface area contributed by atoms with E-state index >= 15 is 0 Å². The maximum absolute atomic E-state index is 10.2. The predicted octanol–water partition coefficient (Wildman–Crippen LogP) is 1.98. The molecule has 0 aliphatic heterocycles. The Morgan fingerprint density at radius 2 is 1.87 bits per heavy atom. The fourth-order valence-corrected chi connectivity index (χ4v) is 1.52. The molecule has 0 saturated carbocycles. The second-order valence-corrected chi connectivity index (χ2v) is 4.69. The SMILES string of the molecule is CC(C)NCC(C)(O)Cc1ccccc1. The van der Waals surface area contributed by atoms with Crippen molar-refractivity contribution in [3.8, 4) is 0 Å². The molecular formula is C13H21NO. The van der Waals surface area contributed by atoms with Crippen molar-refractivity contribution in [1.29, 1.82) is 0 Å². The summed E-state index contributed by atoms with van der Waals surface area (Å²) in [6.45, 7) is 6.66. The highest BCUT2D eigenvalue weighted by Crippen LogP contribution is 2.12. The van der Waals surface area contributed by atoms with Gasteiger partial charge in [0.1, 0.15) is 0 Å². The molecule has 0 spiro atoms. The van der Waals surface area contributed by atoms with Gasteiger partial charge < -0.3 is 10.4 Å². The molecule has 0 bridgehead atoms. The van der Waals surface area contributed by atoms with Crippen LogP contribution in [-0.4, -0.2) is 23.3 Å². The Morgan fingerprint density at radius 1 is 1.27 bits per heavy atom. The zero-order valence-corrected chi connectivity index (χ0v) is 9.83. The maximum atomic E-state index is 10.2. The lowest BCUT2D eigenvalue weighted by Gasteiger charge is -2.25. The van der Waals surface area contributed by atoms with Gasteiger partial charge in [0.2, 0.25) is 0 Å². The standard InChI is InChI=1S/C13H21NO/c1-11(2)14-10-13(3,15)9-12-7-5-4-6-8-12/h4-8,11,14-15H,9-10H2,1-3H3. The number of hydrogen-bond acceptors (Lipinski definition) is 2. The molecular weight excluding hydrogens is 186 g/mol. The van der Waals surface area contributed by atoms with Gasteiger partial charge >= 0.3 is 0 Å². The van der Waals surface area contributed by atoms with E-state index in [1.165, 1.54) is 5.56 Å². The van der Waals surface area contributed by atoms with E-state index < -0.39 is 5.60 Å². The zero-order valence-electron chi connectivity index (χ0n) is 9.83. The van der Waals surface area contributed by atoms with E-state index in [2.05, 4.69) is 19.2 Å². The van der Waals surface area contributed by atoms with Crippen LogP contribution in [0.4, 0.5) is 0 Å². The first kappa shape index (κ1) is 12.2. The molecule has 1 rings (SSSR count). The van der Waals surface area contributed by atoms with E-state index in [-0.39, 0.29) is 0 Å². The minimum atomic E-state index is -0.675.